The van der Waals surface area contributed by atoms with Crippen molar-refractivity contribution < 1.29 is 32.6 Å². The lowest BCUT2D eigenvalue weighted by atomic mass is 9.90. The molecule has 17 heavy (non-hydrogen) atoms. The van der Waals surface area contributed by atoms with E-state index in [-0.39, 0.29) is 0 Å². The average Bonchev–Trinajstić information content (AvgIpc) is 2.10. The molecular weight excluding hydrogens is 243 g/mol. The average molecular weight is 255 g/mol. The summed E-state index contributed by atoms with van der Waals surface area (Å²) in [5.74, 6) is -2.96. The number of alkyl halides is 3. The van der Waals surface area contributed by atoms with E-state index in [1.54, 1.807) is 5.32 Å². The van der Waals surface area contributed by atoms with Gasteiger partial charge in [0, 0.05) is 0 Å². The molecule has 0 aromatic rings. The molecule has 8 heteroatoms. The van der Waals surface area contributed by atoms with Gasteiger partial charge in [-0.2, -0.15) is 13.2 Å². The van der Waals surface area contributed by atoms with Crippen molar-refractivity contribution in [3.63, 3.8) is 0 Å². The number of esters is 1. The van der Waals surface area contributed by atoms with Crippen LogP contribution < -0.4 is 5.32 Å². The highest BCUT2D eigenvalue weighted by Crippen LogP contribution is 2.26. The number of aliphatic hydroxyl groups excluding tert-OH is 1. The Morgan fingerprint density at radius 3 is 2.53 bits per heavy atom. The van der Waals surface area contributed by atoms with Crippen LogP contribution in [0.3, 0.4) is 0 Å². The van der Waals surface area contributed by atoms with Gasteiger partial charge in [-0.05, 0) is 13.8 Å². The Balaban J connectivity index is 2.77. The minimum Gasteiger partial charge on any atom is -0.457 e. The highest BCUT2D eigenvalue weighted by Gasteiger charge is 2.47. The molecule has 0 aromatic heterocycles. The Morgan fingerprint density at radius 1 is 1.53 bits per heavy atom. The Kier molecular flexibility index (Phi) is 3.37. The van der Waals surface area contributed by atoms with Gasteiger partial charge in [-0.15, -0.1) is 0 Å². The van der Waals surface area contributed by atoms with E-state index in [0.717, 1.165) is 0 Å². The second-order valence-electron chi connectivity index (χ2n) is 4.30. The third-order valence-corrected chi connectivity index (χ3v) is 2.43. The summed E-state index contributed by atoms with van der Waals surface area (Å²) in [6.07, 6.45) is -6.94. The molecule has 1 aliphatic heterocycles. The van der Waals surface area contributed by atoms with Crippen molar-refractivity contribution in [1.82, 2.24) is 5.32 Å². The second-order valence-corrected chi connectivity index (χ2v) is 4.30. The van der Waals surface area contributed by atoms with E-state index in [4.69, 9.17) is 4.74 Å². The van der Waals surface area contributed by atoms with Gasteiger partial charge in [-0.1, -0.05) is 0 Å². The quantitative estimate of drug-likeness (QED) is 0.652. The second kappa shape index (κ2) is 4.17. The summed E-state index contributed by atoms with van der Waals surface area (Å²) in [5, 5.41) is 11.2. The molecule has 5 nitrogen and oxygen atoms in total. The lowest BCUT2D eigenvalue weighted by molar-refractivity contribution is -0.190. The first-order valence-corrected chi connectivity index (χ1v) is 4.81. The number of rotatable bonds is 1. The van der Waals surface area contributed by atoms with E-state index in [9.17, 15) is 27.9 Å². The van der Waals surface area contributed by atoms with E-state index >= 15 is 0 Å². The normalized spacial score (nSPS) is 28.5. The summed E-state index contributed by atoms with van der Waals surface area (Å²) in [4.78, 5) is 21.8. The molecule has 2 atom stereocenters. The number of hydrogen-bond donors (Lipinski definition) is 2. The summed E-state index contributed by atoms with van der Waals surface area (Å²) in [5.41, 5.74) is -1.33. The van der Waals surface area contributed by atoms with E-state index < -0.39 is 42.2 Å². The number of aliphatic hydroxyl groups is 1. The number of cyclic esters (lactones) is 1. The van der Waals surface area contributed by atoms with Crippen molar-refractivity contribution in [1.29, 1.82) is 0 Å². The van der Waals surface area contributed by atoms with Crippen molar-refractivity contribution in [2.75, 3.05) is 0 Å². The van der Waals surface area contributed by atoms with Gasteiger partial charge in [0.25, 0.3) is 0 Å². The molecule has 98 valence electrons. The van der Waals surface area contributed by atoms with Crippen LogP contribution in [0.4, 0.5) is 13.2 Å². The number of ether oxygens (including phenoxy) is 1. The van der Waals surface area contributed by atoms with Crippen molar-refractivity contribution >= 4 is 11.9 Å². The number of carbonyl (C=O) groups is 2. The van der Waals surface area contributed by atoms with Crippen LogP contribution in [0.5, 0.6) is 0 Å². The maximum Gasteiger partial charge on any atom is 0.471 e. The highest BCUT2D eigenvalue weighted by molar-refractivity contribution is 5.83. The van der Waals surface area contributed by atoms with Crippen LogP contribution in [0.2, 0.25) is 0 Å². The Hall–Kier alpha value is -1.31. The molecule has 0 spiro atoms. The van der Waals surface area contributed by atoms with Crippen molar-refractivity contribution in [2.24, 2.45) is 0 Å². The number of amides is 1. The van der Waals surface area contributed by atoms with Gasteiger partial charge in [0.1, 0.15) is 11.7 Å². The zero-order valence-corrected chi connectivity index (χ0v) is 9.17. The third kappa shape index (κ3) is 3.09. The van der Waals surface area contributed by atoms with Gasteiger partial charge in [-0.3, -0.25) is 9.59 Å². The van der Waals surface area contributed by atoms with E-state index in [1.807, 2.05) is 0 Å². The first-order valence-electron chi connectivity index (χ1n) is 4.81. The minimum absolute atomic E-state index is 0.494. The lowest BCUT2D eigenvalue weighted by Crippen LogP contribution is -2.60. The molecule has 1 heterocycles. The number of hydrogen-bond acceptors (Lipinski definition) is 4. The molecule has 1 fully saturated rings. The zero-order valence-electron chi connectivity index (χ0n) is 9.17. The van der Waals surface area contributed by atoms with Crippen LogP contribution in [0.1, 0.15) is 20.3 Å². The molecule has 0 aliphatic carbocycles. The highest BCUT2D eigenvalue weighted by atomic mass is 19.4. The number of nitrogens with one attached hydrogen (secondary N) is 1. The standard InChI is InChI=1S/C9H12F3NO4/c1-8(2)6(15)4(3-5(14)17-8)13-7(16)9(10,11)12/h4,6,15H,3H2,1-2H3,(H,13,16)/t4-,6+/m1/s1. The fourth-order valence-electron chi connectivity index (χ4n) is 1.55. The molecule has 1 aliphatic rings. The van der Waals surface area contributed by atoms with Crippen LogP contribution >= 0.6 is 0 Å². The predicted octanol–water partition coefficient (Wildman–Crippen LogP) is 0.120. The van der Waals surface area contributed by atoms with Crippen molar-refractivity contribution in [3.05, 3.63) is 0 Å². The molecule has 0 bridgehead atoms. The smallest absolute Gasteiger partial charge is 0.457 e. The van der Waals surface area contributed by atoms with Gasteiger partial charge in [-0.25, -0.2) is 0 Å². The maximum absolute atomic E-state index is 12.0. The molecule has 0 saturated carbocycles. The Labute approximate surface area is 94.9 Å². The largest absolute Gasteiger partial charge is 0.471 e. The molecule has 0 unspecified atom stereocenters. The van der Waals surface area contributed by atoms with Gasteiger partial charge < -0.3 is 15.2 Å². The third-order valence-electron chi connectivity index (χ3n) is 2.43. The van der Waals surface area contributed by atoms with Gasteiger partial charge in [0.05, 0.1) is 12.5 Å². The van der Waals surface area contributed by atoms with Crippen LogP contribution in [0.15, 0.2) is 0 Å². The summed E-state index contributed by atoms with van der Waals surface area (Å²) in [7, 11) is 0. The summed E-state index contributed by atoms with van der Waals surface area (Å²) < 4.78 is 40.8. The van der Waals surface area contributed by atoms with Crippen LogP contribution in [0, 0.1) is 0 Å². The predicted molar refractivity (Wildman–Crippen MR) is 48.8 cm³/mol. The van der Waals surface area contributed by atoms with Crippen LogP contribution in [-0.4, -0.2) is 40.9 Å². The summed E-state index contributed by atoms with van der Waals surface area (Å²) >= 11 is 0. The van der Waals surface area contributed by atoms with E-state index in [1.165, 1.54) is 13.8 Å². The van der Waals surface area contributed by atoms with Gasteiger partial charge >= 0.3 is 18.1 Å². The topological polar surface area (TPSA) is 75.6 Å². The monoisotopic (exact) mass is 255 g/mol. The van der Waals surface area contributed by atoms with E-state index in [2.05, 4.69) is 0 Å². The van der Waals surface area contributed by atoms with Crippen molar-refractivity contribution in [3.8, 4) is 0 Å². The summed E-state index contributed by atoms with van der Waals surface area (Å²) in [6, 6.07) is -1.31. The van der Waals surface area contributed by atoms with Crippen LogP contribution in [0.25, 0.3) is 0 Å². The first-order chi connectivity index (χ1) is 7.54. The molecule has 1 rings (SSSR count). The number of halogens is 3. The molecule has 2 N–H and O–H groups in total. The summed E-state index contributed by atoms with van der Waals surface area (Å²) in [6.45, 7) is 2.70. The molecule has 0 aromatic carbocycles. The Morgan fingerprint density at radius 2 is 2.06 bits per heavy atom. The fourth-order valence-corrected chi connectivity index (χ4v) is 1.55. The first kappa shape index (κ1) is 13.8. The SMILES string of the molecule is CC1(C)OC(=O)C[C@@H](NC(=O)C(F)(F)F)[C@@H]1O. The van der Waals surface area contributed by atoms with E-state index in [0.29, 0.717) is 0 Å². The van der Waals surface area contributed by atoms with Gasteiger partial charge in [0.2, 0.25) is 0 Å². The molecule has 1 saturated heterocycles. The fraction of sp³-hybridized carbons (Fsp3) is 0.778. The molecular formula is C9H12F3NO4. The minimum atomic E-state index is -5.05. The maximum atomic E-state index is 12.0. The number of carbonyl (C=O) groups excluding carboxylic acids is 2. The molecule has 0 radical (unpaired) electrons. The zero-order chi connectivity index (χ0) is 13.4. The lowest BCUT2D eigenvalue weighted by Gasteiger charge is -2.39. The van der Waals surface area contributed by atoms with Crippen LogP contribution in [-0.2, 0) is 14.3 Å². The van der Waals surface area contributed by atoms with Crippen molar-refractivity contribution in [2.45, 2.75) is 44.2 Å². The Bertz CT molecular complexity index is 340. The molecule has 1 amide bonds. The van der Waals surface area contributed by atoms with Gasteiger partial charge in [0.15, 0.2) is 0 Å².